The van der Waals surface area contributed by atoms with Gasteiger partial charge in [-0.25, -0.2) is 0 Å². The molecule has 0 spiro atoms. The van der Waals surface area contributed by atoms with Crippen LogP contribution in [0.4, 0.5) is 0 Å². The number of nitrogens with one attached hydrogen (secondary N) is 1. The van der Waals surface area contributed by atoms with Crippen LogP contribution in [0.5, 0.6) is 5.75 Å². The summed E-state index contributed by atoms with van der Waals surface area (Å²) in [6, 6.07) is 8.81. The number of amides is 2. The summed E-state index contributed by atoms with van der Waals surface area (Å²) in [5.74, 6) is -0.574. The molecule has 1 heterocycles. The smallest absolute Gasteiger partial charge is 0.258 e. The Hall–Kier alpha value is -2.34. The third-order valence-electron chi connectivity index (χ3n) is 3.81. The molecule has 114 valence electrons. The zero-order valence-electron chi connectivity index (χ0n) is 12.6. The number of fused-ring (bicyclic) bond motifs is 1. The minimum absolute atomic E-state index is 0.249. The lowest BCUT2D eigenvalue weighted by atomic mass is 9.88. The first-order chi connectivity index (χ1) is 10.9. The molecule has 0 bridgehead atoms. The van der Waals surface area contributed by atoms with Crippen molar-refractivity contribution in [2.75, 3.05) is 0 Å². The summed E-state index contributed by atoms with van der Waals surface area (Å²) >= 11 is 3.37. The van der Waals surface area contributed by atoms with Crippen LogP contribution in [0.3, 0.4) is 0 Å². The molecule has 2 amide bonds. The molecule has 2 aromatic rings. The highest BCUT2D eigenvalue weighted by atomic mass is 79.9. The van der Waals surface area contributed by atoms with Crippen LogP contribution in [0.1, 0.15) is 27.0 Å². The number of carbonyl (C=O) groups is 2. The number of carbonyl (C=O) groups excluding carboxylic acids is 2. The fourth-order valence-electron chi connectivity index (χ4n) is 2.68. The van der Waals surface area contributed by atoms with E-state index in [0.717, 1.165) is 21.1 Å². The number of aryl methyl sites for hydroxylation is 1. The van der Waals surface area contributed by atoms with Gasteiger partial charge in [0.15, 0.2) is 0 Å². The minimum atomic E-state index is -0.427. The van der Waals surface area contributed by atoms with E-state index in [4.69, 9.17) is 0 Å². The Bertz CT molecular complexity index is 866. The van der Waals surface area contributed by atoms with Crippen molar-refractivity contribution in [2.45, 2.75) is 6.92 Å². The lowest BCUT2D eigenvalue weighted by Gasteiger charge is -2.18. The predicted octanol–water partition coefficient (Wildman–Crippen LogP) is 1.53. The Morgan fingerprint density at radius 3 is 2.57 bits per heavy atom. The number of hydrogen-bond donors (Lipinski definition) is 2. The number of aromatic hydroxyl groups is 1. The van der Waals surface area contributed by atoms with Crippen LogP contribution in [0.15, 0.2) is 34.8 Å². The Balaban J connectivity index is 2.19. The Morgan fingerprint density at radius 1 is 1.13 bits per heavy atom. The number of imide groups is 1. The third-order valence-corrected chi connectivity index (χ3v) is 4.31. The maximum atomic E-state index is 12.3. The Morgan fingerprint density at radius 2 is 1.87 bits per heavy atom. The highest BCUT2D eigenvalue weighted by Crippen LogP contribution is 2.29. The average molecular weight is 370 g/mol. The van der Waals surface area contributed by atoms with Gasteiger partial charge in [-0.2, -0.15) is 0 Å². The van der Waals surface area contributed by atoms with Crippen molar-refractivity contribution in [3.63, 3.8) is 0 Å². The number of hydrogen-bond acceptors (Lipinski definition) is 3. The molecule has 0 saturated heterocycles. The molecule has 0 saturated carbocycles. The fourth-order valence-corrected chi connectivity index (χ4v) is 3.04. The van der Waals surface area contributed by atoms with Gasteiger partial charge in [0.25, 0.3) is 11.8 Å². The van der Waals surface area contributed by atoms with E-state index in [-0.39, 0.29) is 5.75 Å². The number of phenolic OH excluding ortho intramolecular Hbond substituents is 1. The summed E-state index contributed by atoms with van der Waals surface area (Å²) in [4.78, 5) is 24.2. The van der Waals surface area contributed by atoms with Crippen molar-refractivity contribution in [1.29, 1.82) is 0 Å². The summed E-state index contributed by atoms with van der Waals surface area (Å²) < 4.78 is 0.794. The highest BCUT2D eigenvalue weighted by Gasteiger charge is 2.27. The van der Waals surface area contributed by atoms with Crippen molar-refractivity contribution in [1.82, 2.24) is 5.32 Å². The van der Waals surface area contributed by atoms with Crippen molar-refractivity contribution in [2.24, 2.45) is 0 Å². The van der Waals surface area contributed by atoms with Gasteiger partial charge in [-0.1, -0.05) is 22.0 Å². The molecule has 23 heavy (non-hydrogen) atoms. The molecule has 1 aliphatic rings. The predicted molar refractivity (Wildman–Crippen MR) is 95.5 cm³/mol. The van der Waals surface area contributed by atoms with E-state index in [1.165, 1.54) is 0 Å². The molecule has 0 fully saturated rings. The minimum Gasteiger partial charge on any atom is -0.508 e. The molecule has 0 radical (unpaired) electrons. The zero-order valence-corrected chi connectivity index (χ0v) is 14.2. The molecule has 6 heteroatoms. The van der Waals surface area contributed by atoms with Crippen LogP contribution in [-0.4, -0.2) is 24.8 Å². The van der Waals surface area contributed by atoms with Gasteiger partial charge < -0.3 is 5.11 Å². The van der Waals surface area contributed by atoms with Crippen molar-refractivity contribution >= 4 is 52.7 Å². The standard InChI is InChI=1S/C17H13BBrNO3/c1-8-4-9(6-14(18)15(8)21)5-13-12-7-10(19)2-3-11(12)16(22)20-17(13)23/h2-7,21H,18H2,1H3,(H,20,22,23)/b13-5-. The summed E-state index contributed by atoms with van der Waals surface area (Å²) in [5, 5.41) is 12.2. The van der Waals surface area contributed by atoms with Crippen LogP contribution in [-0.2, 0) is 4.79 Å². The topological polar surface area (TPSA) is 66.4 Å². The molecule has 2 N–H and O–H groups in total. The second kappa shape index (κ2) is 5.70. The van der Waals surface area contributed by atoms with E-state index < -0.39 is 11.8 Å². The van der Waals surface area contributed by atoms with Gasteiger partial charge in [0.2, 0.25) is 0 Å². The zero-order chi connectivity index (χ0) is 16.7. The normalized spacial score (nSPS) is 15.5. The van der Waals surface area contributed by atoms with E-state index in [2.05, 4.69) is 21.2 Å². The monoisotopic (exact) mass is 369 g/mol. The summed E-state index contributed by atoms with van der Waals surface area (Å²) in [6.07, 6.45) is 1.73. The lowest BCUT2D eigenvalue weighted by molar-refractivity contribution is -0.114. The molecule has 0 aliphatic carbocycles. The number of rotatable bonds is 1. The van der Waals surface area contributed by atoms with Gasteiger partial charge in [0.1, 0.15) is 13.6 Å². The van der Waals surface area contributed by atoms with Crippen LogP contribution >= 0.6 is 15.9 Å². The van der Waals surface area contributed by atoms with E-state index in [0.29, 0.717) is 16.7 Å². The van der Waals surface area contributed by atoms with Gasteiger partial charge in [0, 0.05) is 21.2 Å². The summed E-state index contributed by atoms with van der Waals surface area (Å²) in [7, 11) is 1.80. The molecule has 0 unspecified atom stereocenters. The van der Waals surface area contributed by atoms with E-state index >= 15 is 0 Å². The summed E-state index contributed by atoms with van der Waals surface area (Å²) in [5.41, 5.74) is 3.74. The van der Waals surface area contributed by atoms with Crippen LogP contribution < -0.4 is 10.8 Å². The van der Waals surface area contributed by atoms with Crippen LogP contribution in [0, 0.1) is 6.92 Å². The van der Waals surface area contributed by atoms with Crippen molar-refractivity contribution < 1.29 is 14.7 Å². The first-order valence-corrected chi connectivity index (χ1v) is 7.83. The molecule has 4 nitrogen and oxygen atoms in total. The number of phenols is 1. The van der Waals surface area contributed by atoms with Crippen molar-refractivity contribution in [3.8, 4) is 5.75 Å². The Kier molecular flexibility index (Phi) is 3.86. The SMILES string of the molecule is Bc1cc(/C=C2\C(=O)NC(=O)c3ccc(Br)cc32)cc(C)c1O. The first-order valence-electron chi connectivity index (χ1n) is 7.04. The van der Waals surface area contributed by atoms with Gasteiger partial charge in [0.05, 0.1) is 0 Å². The third kappa shape index (κ3) is 2.82. The van der Waals surface area contributed by atoms with Gasteiger partial charge in [-0.3, -0.25) is 14.9 Å². The van der Waals surface area contributed by atoms with Gasteiger partial charge in [-0.15, -0.1) is 0 Å². The molecular weight excluding hydrogens is 357 g/mol. The molecule has 3 rings (SSSR count). The number of halogens is 1. The molecule has 0 aromatic heterocycles. The molecule has 2 aromatic carbocycles. The quantitative estimate of drug-likeness (QED) is 0.455. The van der Waals surface area contributed by atoms with E-state index in [1.807, 2.05) is 0 Å². The van der Waals surface area contributed by atoms with Crippen molar-refractivity contribution in [3.05, 3.63) is 57.1 Å². The molecular formula is C17H13BBrNO3. The second-order valence-electron chi connectivity index (χ2n) is 5.53. The van der Waals surface area contributed by atoms with Gasteiger partial charge in [-0.05, 0) is 53.9 Å². The maximum absolute atomic E-state index is 12.3. The van der Waals surface area contributed by atoms with E-state index in [9.17, 15) is 14.7 Å². The highest BCUT2D eigenvalue weighted by molar-refractivity contribution is 9.10. The Labute approximate surface area is 142 Å². The first kappa shape index (κ1) is 15.6. The van der Waals surface area contributed by atoms with Gasteiger partial charge >= 0.3 is 0 Å². The van der Waals surface area contributed by atoms with E-state index in [1.54, 1.807) is 51.2 Å². The second-order valence-corrected chi connectivity index (χ2v) is 6.45. The van der Waals surface area contributed by atoms with Crippen LogP contribution in [0.25, 0.3) is 11.6 Å². The maximum Gasteiger partial charge on any atom is 0.258 e. The largest absolute Gasteiger partial charge is 0.508 e. The van der Waals surface area contributed by atoms with Crippen LogP contribution in [0.2, 0.25) is 0 Å². The average Bonchev–Trinajstić information content (AvgIpc) is 2.48. The molecule has 1 aliphatic heterocycles. The number of benzene rings is 2. The molecule has 0 atom stereocenters. The fraction of sp³-hybridized carbons (Fsp3) is 0.0588. The lowest BCUT2D eigenvalue weighted by Crippen LogP contribution is -2.36. The summed E-state index contributed by atoms with van der Waals surface area (Å²) in [6.45, 7) is 1.80.